The van der Waals surface area contributed by atoms with Crippen LogP contribution in [0.4, 0.5) is 5.69 Å². The zero-order valence-electron chi connectivity index (χ0n) is 15.4. The molecular formula is C22H18BrNO5. The summed E-state index contributed by atoms with van der Waals surface area (Å²) in [5.41, 5.74) is -0.182. The van der Waals surface area contributed by atoms with E-state index in [2.05, 4.69) is 22.5 Å². The summed E-state index contributed by atoms with van der Waals surface area (Å²) >= 11 is 3.37. The summed E-state index contributed by atoms with van der Waals surface area (Å²) in [6.07, 6.45) is 4.20. The number of carbonyl (C=O) groups is 2. The van der Waals surface area contributed by atoms with E-state index >= 15 is 0 Å². The van der Waals surface area contributed by atoms with Crippen LogP contribution in [-0.2, 0) is 15.2 Å². The second-order valence-electron chi connectivity index (χ2n) is 6.82. The van der Waals surface area contributed by atoms with Crippen LogP contribution in [0.5, 0.6) is 11.5 Å². The molecule has 0 fully saturated rings. The SMILES string of the molecule is C=CCN1C(=O)C(O)(CC(=O)/C=C/c2ccc3c(c2)OCO3)c2cc(Br)ccc21. The second-order valence-corrected chi connectivity index (χ2v) is 7.73. The molecule has 4 rings (SSSR count). The van der Waals surface area contributed by atoms with Crippen molar-refractivity contribution < 1.29 is 24.2 Å². The number of hydrogen-bond donors (Lipinski definition) is 1. The number of allylic oxidation sites excluding steroid dienone is 1. The number of halogens is 1. The Labute approximate surface area is 176 Å². The van der Waals surface area contributed by atoms with Gasteiger partial charge in [0.05, 0.1) is 12.1 Å². The highest BCUT2D eigenvalue weighted by molar-refractivity contribution is 9.10. The quantitative estimate of drug-likeness (QED) is 0.532. The monoisotopic (exact) mass is 455 g/mol. The predicted molar refractivity (Wildman–Crippen MR) is 112 cm³/mol. The average molecular weight is 456 g/mol. The van der Waals surface area contributed by atoms with Crippen molar-refractivity contribution >= 4 is 39.4 Å². The van der Waals surface area contributed by atoms with Crippen LogP contribution in [0.1, 0.15) is 17.5 Å². The van der Waals surface area contributed by atoms with E-state index in [0.29, 0.717) is 27.2 Å². The van der Waals surface area contributed by atoms with E-state index in [1.807, 2.05) is 0 Å². The molecule has 1 unspecified atom stereocenters. The minimum absolute atomic E-state index is 0.173. The third-order valence-corrected chi connectivity index (χ3v) is 5.39. The summed E-state index contributed by atoms with van der Waals surface area (Å²) in [5, 5.41) is 11.2. The van der Waals surface area contributed by atoms with Crippen molar-refractivity contribution in [2.45, 2.75) is 12.0 Å². The van der Waals surface area contributed by atoms with Crippen molar-refractivity contribution in [1.82, 2.24) is 0 Å². The lowest BCUT2D eigenvalue weighted by Crippen LogP contribution is -2.41. The topological polar surface area (TPSA) is 76.1 Å². The maximum absolute atomic E-state index is 12.9. The van der Waals surface area contributed by atoms with Gasteiger partial charge in [0.15, 0.2) is 22.9 Å². The molecule has 1 N–H and O–H groups in total. The fraction of sp³-hybridized carbons (Fsp3) is 0.182. The Morgan fingerprint density at radius 2 is 2.03 bits per heavy atom. The Hall–Kier alpha value is -2.90. The number of fused-ring (bicyclic) bond motifs is 2. The first-order valence-corrected chi connectivity index (χ1v) is 9.77. The fourth-order valence-corrected chi connectivity index (χ4v) is 3.88. The van der Waals surface area contributed by atoms with E-state index in [1.54, 1.807) is 48.6 Å². The summed E-state index contributed by atoms with van der Waals surface area (Å²) in [6, 6.07) is 10.5. The van der Waals surface area contributed by atoms with Crippen LogP contribution in [0.3, 0.4) is 0 Å². The minimum atomic E-state index is -1.92. The number of benzene rings is 2. The summed E-state index contributed by atoms with van der Waals surface area (Å²) in [5.74, 6) is 0.368. The Bertz CT molecular complexity index is 1050. The van der Waals surface area contributed by atoms with Gasteiger partial charge in [-0.25, -0.2) is 0 Å². The van der Waals surface area contributed by atoms with E-state index in [0.717, 1.165) is 5.56 Å². The summed E-state index contributed by atoms with van der Waals surface area (Å²) in [7, 11) is 0. The van der Waals surface area contributed by atoms with E-state index < -0.39 is 11.5 Å². The number of ketones is 1. The molecule has 1 atom stereocenters. The average Bonchev–Trinajstić information content (AvgIpc) is 3.24. The van der Waals surface area contributed by atoms with Crippen LogP contribution in [0.25, 0.3) is 6.08 Å². The molecule has 6 nitrogen and oxygen atoms in total. The first kappa shape index (κ1) is 19.4. The zero-order valence-corrected chi connectivity index (χ0v) is 17.0. The molecule has 29 heavy (non-hydrogen) atoms. The summed E-state index contributed by atoms with van der Waals surface area (Å²) in [6.45, 7) is 4.08. The first-order chi connectivity index (χ1) is 13.9. The molecule has 0 saturated carbocycles. The molecule has 0 saturated heterocycles. The molecule has 0 spiro atoms. The van der Waals surface area contributed by atoms with E-state index in [-0.39, 0.29) is 25.5 Å². The molecule has 0 aliphatic carbocycles. The van der Waals surface area contributed by atoms with Crippen LogP contribution in [0, 0.1) is 0 Å². The Kier molecular flexibility index (Phi) is 5.02. The molecule has 7 heteroatoms. The Morgan fingerprint density at radius 3 is 2.83 bits per heavy atom. The Morgan fingerprint density at radius 1 is 1.24 bits per heavy atom. The predicted octanol–water partition coefficient (Wildman–Crippen LogP) is 3.57. The molecular weight excluding hydrogens is 438 g/mol. The molecule has 0 bridgehead atoms. The van der Waals surface area contributed by atoms with Crippen LogP contribution in [-0.4, -0.2) is 30.1 Å². The number of ether oxygens (including phenoxy) is 2. The number of amides is 1. The standard InChI is InChI=1S/C22H18BrNO5/c1-2-9-24-18-7-5-15(23)11-17(18)22(27,21(24)26)12-16(25)6-3-14-4-8-19-20(10-14)29-13-28-19/h2-8,10-11,27H,1,9,12-13H2/b6-3+. The lowest BCUT2D eigenvalue weighted by molar-refractivity contribution is -0.140. The number of anilines is 1. The smallest absolute Gasteiger partial charge is 0.264 e. The molecule has 0 radical (unpaired) electrons. The third kappa shape index (κ3) is 3.47. The highest BCUT2D eigenvalue weighted by atomic mass is 79.9. The largest absolute Gasteiger partial charge is 0.454 e. The lowest BCUT2D eigenvalue weighted by Gasteiger charge is -2.21. The number of nitrogens with zero attached hydrogens (tertiary/aromatic N) is 1. The minimum Gasteiger partial charge on any atom is -0.454 e. The van der Waals surface area contributed by atoms with Gasteiger partial charge in [-0.2, -0.15) is 0 Å². The van der Waals surface area contributed by atoms with Crippen LogP contribution >= 0.6 is 15.9 Å². The van der Waals surface area contributed by atoms with Crippen LogP contribution in [0.2, 0.25) is 0 Å². The van der Waals surface area contributed by atoms with Gasteiger partial charge in [0.25, 0.3) is 5.91 Å². The normalized spacial score (nSPS) is 19.7. The van der Waals surface area contributed by atoms with Gasteiger partial charge >= 0.3 is 0 Å². The van der Waals surface area contributed by atoms with Gasteiger partial charge < -0.3 is 19.5 Å². The molecule has 1 amide bonds. The molecule has 148 valence electrons. The van der Waals surface area contributed by atoms with Crippen molar-refractivity contribution in [3.63, 3.8) is 0 Å². The highest BCUT2D eigenvalue weighted by Gasteiger charge is 2.50. The van der Waals surface area contributed by atoms with E-state index in [1.165, 1.54) is 11.0 Å². The lowest BCUT2D eigenvalue weighted by atomic mass is 9.89. The molecule has 2 aliphatic rings. The van der Waals surface area contributed by atoms with Gasteiger partial charge in [-0.3, -0.25) is 9.59 Å². The molecule has 2 heterocycles. The van der Waals surface area contributed by atoms with Gasteiger partial charge in [-0.1, -0.05) is 34.1 Å². The van der Waals surface area contributed by atoms with Gasteiger partial charge in [-0.05, 0) is 42.0 Å². The highest BCUT2D eigenvalue weighted by Crippen LogP contribution is 2.43. The third-order valence-electron chi connectivity index (χ3n) is 4.89. The van der Waals surface area contributed by atoms with Crippen LogP contribution in [0.15, 0.2) is 59.6 Å². The molecule has 2 aromatic rings. The van der Waals surface area contributed by atoms with E-state index in [4.69, 9.17) is 9.47 Å². The van der Waals surface area contributed by atoms with Gasteiger partial charge in [0.1, 0.15) is 0 Å². The molecule has 2 aromatic carbocycles. The summed E-state index contributed by atoms with van der Waals surface area (Å²) < 4.78 is 11.3. The maximum atomic E-state index is 12.9. The van der Waals surface area contributed by atoms with Crippen molar-refractivity contribution in [1.29, 1.82) is 0 Å². The van der Waals surface area contributed by atoms with Crippen LogP contribution < -0.4 is 14.4 Å². The molecule has 0 aromatic heterocycles. The molecule has 2 aliphatic heterocycles. The zero-order chi connectivity index (χ0) is 20.6. The fourth-order valence-electron chi connectivity index (χ4n) is 3.52. The Balaban J connectivity index is 1.58. The van der Waals surface area contributed by atoms with Gasteiger partial charge in [-0.15, -0.1) is 6.58 Å². The van der Waals surface area contributed by atoms with Crippen molar-refractivity contribution in [3.8, 4) is 11.5 Å². The number of rotatable bonds is 6. The van der Waals surface area contributed by atoms with E-state index in [9.17, 15) is 14.7 Å². The first-order valence-electron chi connectivity index (χ1n) is 8.98. The number of aliphatic hydroxyl groups is 1. The van der Waals surface area contributed by atoms with Crippen molar-refractivity contribution in [2.75, 3.05) is 18.2 Å². The van der Waals surface area contributed by atoms with Gasteiger partial charge in [0.2, 0.25) is 6.79 Å². The summed E-state index contributed by atoms with van der Waals surface area (Å²) in [4.78, 5) is 27.0. The van der Waals surface area contributed by atoms with Gasteiger partial charge in [0, 0.05) is 16.6 Å². The number of carbonyl (C=O) groups excluding carboxylic acids is 2. The maximum Gasteiger partial charge on any atom is 0.264 e. The van der Waals surface area contributed by atoms with Crippen molar-refractivity contribution in [3.05, 3.63) is 70.7 Å². The number of hydrogen-bond acceptors (Lipinski definition) is 5. The second kappa shape index (κ2) is 7.50. The van der Waals surface area contributed by atoms with Crippen molar-refractivity contribution in [2.24, 2.45) is 0 Å².